The number of aliphatic hydroxyl groups excluding tert-OH is 1. The minimum absolute atomic E-state index is 0.0101. The predicted octanol–water partition coefficient (Wildman–Crippen LogP) is 1.84. The Morgan fingerprint density at radius 1 is 1.37 bits per heavy atom. The van der Waals surface area contributed by atoms with E-state index in [9.17, 15) is 4.79 Å². The Kier molecular flexibility index (Phi) is 6.02. The van der Waals surface area contributed by atoms with Gasteiger partial charge in [-0.05, 0) is 26.7 Å². The number of carbonyl (C=O) groups is 1. The highest BCUT2D eigenvalue weighted by atomic mass is 16.5. The average molecular weight is 268 g/mol. The molecule has 0 spiro atoms. The number of aliphatic hydroxyl groups is 1. The number of nitrogens with zero attached hydrogens (tertiary/aromatic N) is 2. The van der Waals surface area contributed by atoms with E-state index in [2.05, 4.69) is 19.0 Å². The molecule has 0 saturated heterocycles. The third-order valence-corrected chi connectivity index (χ3v) is 3.55. The second kappa shape index (κ2) is 7.28. The number of aromatic nitrogens is 1. The van der Waals surface area contributed by atoms with Crippen molar-refractivity contribution in [2.24, 2.45) is 0 Å². The van der Waals surface area contributed by atoms with Crippen LogP contribution in [-0.4, -0.2) is 40.3 Å². The predicted molar refractivity (Wildman–Crippen MR) is 72.8 cm³/mol. The number of hydrogen-bond donors (Lipinski definition) is 1. The molecule has 1 N–H and O–H groups in total. The van der Waals surface area contributed by atoms with Crippen LogP contribution >= 0.6 is 0 Å². The summed E-state index contributed by atoms with van der Waals surface area (Å²) in [6, 6.07) is 0.181. The third-order valence-electron chi connectivity index (χ3n) is 3.55. The molecule has 19 heavy (non-hydrogen) atoms. The van der Waals surface area contributed by atoms with E-state index in [1.165, 1.54) is 0 Å². The lowest BCUT2D eigenvalue weighted by molar-refractivity contribution is -0.133. The minimum Gasteiger partial charge on any atom is -0.395 e. The van der Waals surface area contributed by atoms with Crippen LogP contribution in [0.25, 0.3) is 0 Å². The molecule has 1 rings (SSSR count). The molecular weight excluding hydrogens is 244 g/mol. The number of rotatable bonds is 7. The van der Waals surface area contributed by atoms with E-state index in [1.54, 1.807) is 4.90 Å². The van der Waals surface area contributed by atoms with E-state index >= 15 is 0 Å². The lowest BCUT2D eigenvalue weighted by Crippen LogP contribution is -2.42. The molecule has 0 unspecified atom stereocenters. The van der Waals surface area contributed by atoms with E-state index in [-0.39, 0.29) is 25.0 Å². The van der Waals surface area contributed by atoms with Crippen molar-refractivity contribution < 1.29 is 14.4 Å². The largest absolute Gasteiger partial charge is 0.395 e. The maximum atomic E-state index is 12.4. The first kappa shape index (κ1) is 15.7. The molecule has 1 heterocycles. The summed E-state index contributed by atoms with van der Waals surface area (Å²) in [4.78, 5) is 14.2. The fraction of sp³-hybridized carbons (Fsp3) is 0.714. The van der Waals surface area contributed by atoms with E-state index in [1.807, 2.05) is 13.8 Å². The highest BCUT2D eigenvalue weighted by Crippen LogP contribution is 2.16. The first-order valence-electron chi connectivity index (χ1n) is 6.87. The lowest BCUT2D eigenvalue weighted by Gasteiger charge is -2.30. The third kappa shape index (κ3) is 3.80. The van der Waals surface area contributed by atoms with Gasteiger partial charge < -0.3 is 14.5 Å². The van der Waals surface area contributed by atoms with Crippen LogP contribution < -0.4 is 0 Å². The summed E-state index contributed by atoms with van der Waals surface area (Å²) >= 11 is 0. The van der Waals surface area contributed by atoms with Gasteiger partial charge in [-0.2, -0.15) is 0 Å². The van der Waals surface area contributed by atoms with Gasteiger partial charge in [-0.15, -0.1) is 0 Å². The summed E-state index contributed by atoms with van der Waals surface area (Å²) < 4.78 is 5.08. The monoisotopic (exact) mass is 268 g/mol. The maximum absolute atomic E-state index is 12.4. The molecule has 0 radical (unpaired) electrons. The molecule has 0 aliphatic rings. The Morgan fingerprint density at radius 2 is 2.00 bits per heavy atom. The fourth-order valence-corrected chi connectivity index (χ4v) is 2.36. The molecule has 0 aliphatic heterocycles. The van der Waals surface area contributed by atoms with Crippen LogP contribution in [0.5, 0.6) is 0 Å². The molecule has 0 aromatic carbocycles. The summed E-state index contributed by atoms with van der Waals surface area (Å²) in [6.07, 6.45) is 2.07. The Labute approximate surface area is 114 Å². The van der Waals surface area contributed by atoms with Crippen molar-refractivity contribution in [3.05, 3.63) is 17.0 Å². The molecule has 0 bridgehead atoms. The maximum Gasteiger partial charge on any atom is 0.227 e. The van der Waals surface area contributed by atoms with Crippen molar-refractivity contribution in [3.63, 3.8) is 0 Å². The Balaban J connectivity index is 2.83. The summed E-state index contributed by atoms with van der Waals surface area (Å²) in [6.45, 7) is 8.14. The molecule has 0 saturated carbocycles. The molecule has 0 fully saturated rings. The molecule has 1 aromatic rings. The topological polar surface area (TPSA) is 66.6 Å². The first-order valence-corrected chi connectivity index (χ1v) is 6.87. The van der Waals surface area contributed by atoms with Crippen LogP contribution in [0.15, 0.2) is 4.52 Å². The number of carbonyl (C=O) groups excluding carboxylic acids is 1. The van der Waals surface area contributed by atoms with Crippen LogP contribution in [0.3, 0.4) is 0 Å². The first-order chi connectivity index (χ1) is 9.04. The van der Waals surface area contributed by atoms with Gasteiger partial charge in [0, 0.05) is 18.2 Å². The van der Waals surface area contributed by atoms with Crippen LogP contribution in [0, 0.1) is 13.8 Å². The summed E-state index contributed by atoms with van der Waals surface area (Å²) in [5.74, 6) is 0.719. The molecule has 5 nitrogen and oxygen atoms in total. The van der Waals surface area contributed by atoms with Crippen molar-refractivity contribution in [1.29, 1.82) is 0 Å². The molecular formula is C14H24N2O3. The SMILES string of the molecule is CCC(CC)N(CCO)C(=O)Cc1c(C)noc1C. The molecule has 1 aromatic heterocycles. The number of amides is 1. The van der Waals surface area contributed by atoms with E-state index < -0.39 is 0 Å². The number of aryl methyl sites for hydroxylation is 2. The van der Waals surface area contributed by atoms with Crippen molar-refractivity contribution in [2.45, 2.75) is 53.0 Å². The minimum atomic E-state index is -0.0101. The highest BCUT2D eigenvalue weighted by Gasteiger charge is 2.23. The standard InChI is InChI=1S/C14H24N2O3/c1-5-12(6-2)16(7-8-17)14(18)9-13-10(3)15-19-11(13)4/h12,17H,5-9H2,1-4H3. The van der Waals surface area contributed by atoms with Gasteiger partial charge in [-0.25, -0.2) is 0 Å². The van der Waals surface area contributed by atoms with Crippen molar-refractivity contribution in [3.8, 4) is 0 Å². The van der Waals surface area contributed by atoms with Gasteiger partial charge in [0.15, 0.2) is 0 Å². The van der Waals surface area contributed by atoms with Crippen LogP contribution in [0.1, 0.15) is 43.7 Å². The van der Waals surface area contributed by atoms with Gasteiger partial charge >= 0.3 is 0 Å². The lowest BCUT2D eigenvalue weighted by atomic mass is 10.1. The Morgan fingerprint density at radius 3 is 2.42 bits per heavy atom. The summed E-state index contributed by atoms with van der Waals surface area (Å²) in [7, 11) is 0. The molecule has 108 valence electrons. The molecule has 1 amide bonds. The second-order valence-corrected chi connectivity index (χ2v) is 4.76. The zero-order chi connectivity index (χ0) is 14.4. The zero-order valence-corrected chi connectivity index (χ0v) is 12.3. The Hall–Kier alpha value is -1.36. The molecule has 5 heteroatoms. The fourth-order valence-electron chi connectivity index (χ4n) is 2.36. The zero-order valence-electron chi connectivity index (χ0n) is 12.3. The van der Waals surface area contributed by atoms with Gasteiger partial charge in [0.2, 0.25) is 5.91 Å². The highest BCUT2D eigenvalue weighted by molar-refractivity contribution is 5.79. The second-order valence-electron chi connectivity index (χ2n) is 4.76. The average Bonchev–Trinajstić information content (AvgIpc) is 2.70. The van der Waals surface area contributed by atoms with Gasteiger partial charge in [0.1, 0.15) is 5.76 Å². The van der Waals surface area contributed by atoms with Crippen molar-refractivity contribution in [2.75, 3.05) is 13.2 Å². The summed E-state index contributed by atoms with van der Waals surface area (Å²) in [5.41, 5.74) is 1.62. The Bertz CT molecular complexity index is 391. The van der Waals surface area contributed by atoms with Crippen molar-refractivity contribution >= 4 is 5.91 Å². The van der Waals surface area contributed by atoms with Crippen molar-refractivity contribution in [1.82, 2.24) is 10.1 Å². The quantitative estimate of drug-likeness (QED) is 0.819. The van der Waals surface area contributed by atoms with Crippen LogP contribution in [0.4, 0.5) is 0 Å². The number of hydrogen-bond acceptors (Lipinski definition) is 4. The molecule has 0 atom stereocenters. The van der Waals surface area contributed by atoms with Gasteiger partial charge in [-0.3, -0.25) is 4.79 Å². The smallest absolute Gasteiger partial charge is 0.227 e. The van der Waals surface area contributed by atoms with Gasteiger partial charge in [0.25, 0.3) is 0 Å². The van der Waals surface area contributed by atoms with E-state index in [4.69, 9.17) is 9.63 Å². The molecule has 0 aliphatic carbocycles. The van der Waals surface area contributed by atoms with E-state index in [0.29, 0.717) is 12.3 Å². The van der Waals surface area contributed by atoms with Gasteiger partial charge in [0.05, 0.1) is 18.7 Å². The normalized spacial score (nSPS) is 11.1. The van der Waals surface area contributed by atoms with E-state index in [0.717, 1.165) is 24.1 Å². The van der Waals surface area contributed by atoms with Gasteiger partial charge in [-0.1, -0.05) is 19.0 Å². The summed E-state index contributed by atoms with van der Waals surface area (Å²) in [5, 5.41) is 13.0. The van der Waals surface area contributed by atoms with Crippen LogP contribution in [-0.2, 0) is 11.2 Å². The van der Waals surface area contributed by atoms with Crippen LogP contribution in [0.2, 0.25) is 0 Å².